The number of amidine groups is 1. The third-order valence-electron chi connectivity index (χ3n) is 5.05. The minimum atomic E-state index is -4.32. The highest BCUT2D eigenvalue weighted by Gasteiger charge is 2.40. The van der Waals surface area contributed by atoms with Gasteiger partial charge in [0.2, 0.25) is 0 Å². The van der Waals surface area contributed by atoms with Gasteiger partial charge in [0.1, 0.15) is 5.84 Å². The molecule has 0 amide bonds. The quantitative estimate of drug-likeness (QED) is 0.812. The van der Waals surface area contributed by atoms with Crippen LogP contribution in [-0.4, -0.2) is 24.6 Å². The van der Waals surface area contributed by atoms with E-state index in [1.807, 2.05) is 24.3 Å². The summed E-state index contributed by atoms with van der Waals surface area (Å²) in [4.78, 5) is 4.80. The van der Waals surface area contributed by atoms with E-state index in [4.69, 9.17) is 9.73 Å². The van der Waals surface area contributed by atoms with Crippen molar-refractivity contribution in [1.29, 1.82) is 0 Å². The maximum Gasteiger partial charge on any atom is 0.416 e. The lowest BCUT2D eigenvalue weighted by Gasteiger charge is -2.42. The number of fused-ring (bicyclic) bond motifs is 1. The Morgan fingerprint density at radius 1 is 1.04 bits per heavy atom. The van der Waals surface area contributed by atoms with E-state index >= 15 is 0 Å². The monoisotopic (exact) mass is 375 g/mol. The van der Waals surface area contributed by atoms with Gasteiger partial charge in [0.15, 0.2) is 0 Å². The number of alkyl halides is 3. The van der Waals surface area contributed by atoms with Gasteiger partial charge in [-0.1, -0.05) is 24.3 Å². The third-order valence-corrected chi connectivity index (χ3v) is 5.05. The van der Waals surface area contributed by atoms with Crippen molar-refractivity contribution in [3.8, 4) is 0 Å². The van der Waals surface area contributed by atoms with Crippen molar-refractivity contribution in [1.82, 2.24) is 5.32 Å². The first kappa shape index (κ1) is 17.9. The predicted molar refractivity (Wildman–Crippen MR) is 98.2 cm³/mol. The molecular weight excluding hydrogens is 355 g/mol. The summed E-state index contributed by atoms with van der Waals surface area (Å²) in [6.07, 6.45) is -2.76. The maximum atomic E-state index is 12.7. The van der Waals surface area contributed by atoms with Crippen molar-refractivity contribution < 1.29 is 17.9 Å². The Balaban J connectivity index is 1.56. The lowest BCUT2D eigenvalue weighted by atomic mass is 9.86. The summed E-state index contributed by atoms with van der Waals surface area (Å²) < 4.78 is 43.7. The first-order valence-electron chi connectivity index (χ1n) is 8.90. The molecule has 0 aromatic heterocycles. The number of anilines is 1. The zero-order chi connectivity index (χ0) is 18.9. The number of nitrogens with one attached hydrogen (secondary N) is 2. The van der Waals surface area contributed by atoms with E-state index < -0.39 is 11.7 Å². The smallest absolute Gasteiger partial charge is 0.381 e. The minimum Gasteiger partial charge on any atom is -0.381 e. The Kier molecular flexibility index (Phi) is 4.55. The fourth-order valence-corrected chi connectivity index (χ4v) is 3.51. The predicted octanol–water partition coefficient (Wildman–Crippen LogP) is 4.50. The molecule has 2 aromatic carbocycles. The van der Waals surface area contributed by atoms with Gasteiger partial charge in [-0.15, -0.1) is 0 Å². The minimum absolute atomic E-state index is 0.335. The molecule has 0 unspecified atom stereocenters. The number of aliphatic imine (C=N–C) groups is 1. The van der Waals surface area contributed by atoms with Gasteiger partial charge in [0.25, 0.3) is 0 Å². The van der Waals surface area contributed by atoms with Crippen LogP contribution in [0.4, 0.5) is 24.5 Å². The maximum absolute atomic E-state index is 12.7. The van der Waals surface area contributed by atoms with E-state index in [-0.39, 0.29) is 5.54 Å². The summed E-state index contributed by atoms with van der Waals surface area (Å²) >= 11 is 0. The van der Waals surface area contributed by atoms with Crippen LogP contribution in [0.2, 0.25) is 0 Å². The molecule has 0 bridgehead atoms. The van der Waals surface area contributed by atoms with E-state index in [2.05, 4.69) is 10.6 Å². The molecule has 1 saturated heterocycles. The summed E-state index contributed by atoms with van der Waals surface area (Å²) in [5.41, 5.74) is 1.63. The molecular formula is C20H20F3N3O. The van der Waals surface area contributed by atoms with Crippen molar-refractivity contribution in [3.63, 3.8) is 0 Å². The Bertz CT molecular complexity index is 840. The van der Waals surface area contributed by atoms with Gasteiger partial charge in [0, 0.05) is 32.6 Å². The fraction of sp³-hybridized carbons (Fsp3) is 0.350. The highest BCUT2D eigenvalue weighted by atomic mass is 19.4. The molecule has 142 valence electrons. The van der Waals surface area contributed by atoms with E-state index in [9.17, 15) is 13.2 Å². The Morgan fingerprint density at radius 3 is 2.44 bits per heavy atom. The van der Waals surface area contributed by atoms with Crippen LogP contribution in [0.1, 0.15) is 24.0 Å². The number of benzene rings is 2. The van der Waals surface area contributed by atoms with Crippen LogP contribution in [0.25, 0.3) is 0 Å². The van der Waals surface area contributed by atoms with Gasteiger partial charge >= 0.3 is 6.18 Å². The first-order chi connectivity index (χ1) is 13.0. The molecule has 27 heavy (non-hydrogen) atoms. The summed E-state index contributed by atoms with van der Waals surface area (Å²) in [5, 5.41) is 6.95. The number of hydrogen-bond donors (Lipinski definition) is 2. The summed E-state index contributed by atoms with van der Waals surface area (Å²) in [7, 11) is 0. The van der Waals surface area contributed by atoms with Crippen molar-refractivity contribution >= 4 is 17.2 Å². The van der Waals surface area contributed by atoms with Crippen LogP contribution >= 0.6 is 0 Å². The third kappa shape index (κ3) is 3.64. The molecule has 2 heterocycles. The van der Waals surface area contributed by atoms with Crippen molar-refractivity contribution in [2.24, 2.45) is 4.99 Å². The molecule has 7 heteroatoms. The van der Waals surface area contributed by atoms with E-state index in [0.29, 0.717) is 19.8 Å². The topological polar surface area (TPSA) is 45.7 Å². The molecule has 4 nitrogen and oxygen atoms in total. The molecule has 1 fully saturated rings. The number of ether oxygens (including phenoxy) is 1. The number of rotatable bonds is 2. The Morgan fingerprint density at radius 2 is 1.74 bits per heavy atom. The van der Waals surface area contributed by atoms with E-state index in [1.54, 1.807) is 0 Å². The Labute approximate surface area is 155 Å². The molecule has 0 atom stereocenters. The number of halogens is 3. The summed E-state index contributed by atoms with van der Waals surface area (Å²) in [6, 6.07) is 13.1. The first-order valence-corrected chi connectivity index (χ1v) is 8.90. The SMILES string of the molecule is FC(F)(F)c1ccc(CNC2=Nc3ccccc3NC23CCOCC3)cc1. The van der Waals surface area contributed by atoms with Crippen LogP contribution < -0.4 is 10.6 Å². The van der Waals surface area contributed by atoms with E-state index in [1.165, 1.54) is 12.1 Å². The van der Waals surface area contributed by atoms with Crippen LogP contribution in [-0.2, 0) is 17.5 Å². The van der Waals surface area contributed by atoms with Gasteiger partial charge in [-0.25, -0.2) is 4.99 Å². The lowest BCUT2D eigenvalue weighted by molar-refractivity contribution is -0.137. The van der Waals surface area contributed by atoms with Gasteiger partial charge in [0.05, 0.1) is 22.5 Å². The zero-order valence-corrected chi connectivity index (χ0v) is 14.6. The standard InChI is InChI=1S/C20H20F3N3O/c21-20(22,23)15-7-5-14(6-8-15)13-24-18-19(9-11-27-12-10-19)26-17-4-2-1-3-16(17)25-18/h1-8,26H,9-13H2,(H,24,25). The molecule has 2 aromatic rings. The largest absolute Gasteiger partial charge is 0.416 e. The molecule has 0 aliphatic carbocycles. The molecule has 4 rings (SSSR count). The fourth-order valence-electron chi connectivity index (χ4n) is 3.51. The van der Waals surface area contributed by atoms with Gasteiger partial charge in [-0.3, -0.25) is 0 Å². The number of nitrogens with zero attached hydrogens (tertiary/aromatic N) is 1. The van der Waals surface area contributed by atoms with E-state index in [0.717, 1.165) is 47.7 Å². The second-order valence-electron chi connectivity index (χ2n) is 6.85. The van der Waals surface area contributed by atoms with Crippen molar-refractivity contribution in [3.05, 3.63) is 59.7 Å². The van der Waals surface area contributed by atoms with Gasteiger partial charge in [-0.2, -0.15) is 13.2 Å². The van der Waals surface area contributed by atoms with Gasteiger partial charge in [-0.05, 0) is 29.8 Å². The van der Waals surface area contributed by atoms with Crippen LogP contribution in [0.15, 0.2) is 53.5 Å². The molecule has 2 aliphatic rings. The highest BCUT2D eigenvalue weighted by molar-refractivity contribution is 6.00. The zero-order valence-electron chi connectivity index (χ0n) is 14.6. The van der Waals surface area contributed by atoms with Crippen molar-refractivity contribution in [2.45, 2.75) is 31.1 Å². The summed E-state index contributed by atoms with van der Waals surface area (Å²) in [5.74, 6) is 0.810. The molecule has 0 saturated carbocycles. The summed E-state index contributed by atoms with van der Waals surface area (Å²) in [6.45, 7) is 1.68. The highest BCUT2D eigenvalue weighted by Crippen LogP contribution is 2.37. The molecule has 0 radical (unpaired) electrons. The number of hydrogen-bond acceptors (Lipinski definition) is 4. The second-order valence-corrected chi connectivity index (χ2v) is 6.85. The van der Waals surface area contributed by atoms with Crippen molar-refractivity contribution in [2.75, 3.05) is 18.5 Å². The normalized spacial score (nSPS) is 18.4. The number of para-hydroxylation sites is 2. The average molecular weight is 375 g/mol. The van der Waals surface area contributed by atoms with Gasteiger partial charge < -0.3 is 15.4 Å². The Hall–Kier alpha value is -2.54. The average Bonchev–Trinajstić information content (AvgIpc) is 2.66. The molecule has 1 spiro atoms. The van der Waals surface area contributed by atoms with Crippen LogP contribution in [0, 0.1) is 0 Å². The molecule has 2 N–H and O–H groups in total. The van der Waals surface area contributed by atoms with Crippen LogP contribution in [0.3, 0.4) is 0 Å². The lowest BCUT2D eigenvalue weighted by Crippen LogP contribution is -2.56. The van der Waals surface area contributed by atoms with Crippen LogP contribution in [0.5, 0.6) is 0 Å². The second kappa shape index (κ2) is 6.88. The molecule has 2 aliphatic heterocycles.